The summed E-state index contributed by atoms with van der Waals surface area (Å²) in [5, 5.41) is 3.08. The fourth-order valence-corrected chi connectivity index (χ4v) is 3.08. The monoisotopic (exact) mass is 289 g/mol. The van der Waals surface area contributed by atoms with Crippen molar-refractivity contribution < 1.29 is 13.2 Å². The van der Waals surface area contributed by atoms with E-state index in [2.05, 4.69) is 5.32 Å². The summed E-state index contributed by atoms with van der Waals surface area (Å²) in [7, 11) is 0. The highest BCUT2D eigenvalue weighted by Gasteiger charge is 2.45. The van der Waals surface area contributed by atoms with E-state index < -0.39 is 18.1 Å². The van der Waals surface area contributed by atoms with E-state index in [-0.39, 0.29) is 6.42 Å². The Labute approximate surface area is 116 Å². The van der Waals surface area contributed by atoms with Crippen LogP contribution < -0.4 is 5.32 Å². The first-order valence-electron chi connectivity index (χ1n) is 6.48. The van der Waals surface area contributed by atoms with Crippen LogP contribution in [0.25, 0.3) is 0 Å². The van der Waals surface area contributed by atoms with Crippen LogP contribution in [-0.2, 0) is 0 Å². The Hall–Kier alpha value is -0.840. The Morgan fingerprint density at radius 2 is 1.95 bits per heavy atom. The standard InChI is InChI=1S/C14H18F3NS/c1-19-11-6-4-5-10(9-11)18-13-8-3-2-7-12(13)14(15,16)17/h4-6,9,12-13,18H,2-3,7-8H2,1H3. The van der Waals surface area contributed by atoms with Crippen molar-refractivity contribution in [2.75, 3.05) is 11.6 Å². The van der Waals surface area contributed by atoms with E-state index in [9.17, 15) is 13.2 Å². The minimum absolute atomic E-state index is 0.239. The summed E-state index contributed by atoms with van der Waals surface area (Å²) < 4.78 is 39.0. The number of benzene rings is 1. The lowest BCUT2D eigenvalue weighted by Gasteiger charge is -2.34. The number of halogens is 3. The van der Waals surface area contributed by atoms with Crippen LogP contribution in [0.1, 0.15) is 25.7 Å². The molecule has 0 heterocycles. The average Bonchev–Trinajstić information content (AvgIpc) is 2.38. The molecule has 1 nitrogen and oxygen atoms in total. The minimum Gasteiger partial charge on any atom is -0.382 e. The zero-order valence-corrected chi connectivity index (χ0v) is 11.7. The van der Waals surface area contributed by atoms with Gasteiger partial charge in [-0.15, -0.1) is 11.8 Å². The van der Waals surface area contributed by atoms with Crippen LogP contribution in [-0.4, -0.2) is 18.5 Å². The molecular formula is C14H18F3NS. The smallest absolute Gasteiger partial charge is 0.382 e. The fraction of sp³-hybridized carbons (Fsp3) is 0.571. The summed E-state index contributed by atoms with van der Waals surface area (Å²) in [6.07, 6.45) is 0.226. The number of hydrogen-bond acceptors (Lipinski definition) is 2. The first-order valence-corrected chi connectivity index (χ1v) is 7.70. The van der Waals surface area contributed by atoms with Crippen LogP contribution in [0.3, 0.4) is 0 Å². The number of hydrogen-bond donors (Lipinski definition) is 1. The highest BCUT2D eigenvalue weighted by atomic mass is 32.2. The molecule has 1 N–H and O–H groups in total. The van der Waals surface area contributed by atoms with Gasteiger partial charge >= 0.3 is 6.18 Å². The molecule has 2 rings (SSSR count). The lowest BCUT2D eigenvalue weighted by atomic mass is 9.84. The maximum Gasteiger partial charge on any atom is 0.393 e. The van der Waals surface area contributed by atoms with E-state index in [0.29, 0.717) is 12.8 Å². The van der Waals surface area contributed by atoms with Crippen LogP contribution in [0.15, 0.2) is 29.2 Å². The molecule has 1 fully saturated rings. The zero-order chi connectivity index (χ0) is 13.9. The molecule has 2 unspecified atom stereocenters. The largest absolute Gasteiger partial charge is 0.393 e. The van der Waals surface area contributed by atoms with Crippen molar-refractivity contribution in [3.63, 3.8) is 0 Å². The Bertz CT molecular complexity index is 419. The van der Waals surface area contributed by atoms with E-state index in [1.807, 2.05) is 30.5 Å². The van der Waals surface area contributed by atoms with Crippen LogP contribution in [0.2, 0.25) is 0 Å². The highest BCUT2D eigenvalue weighted by Crippen LogP contribution is 2.39. The number of rotatable bonds is 3. The van der Waals surface area contributed by atoms with Gasteiger partial charge in [-0.3, -0.25) is 0 Å². The van der Waals surface area contributed by atoms with Gasteiger partial charge in [-0.05, 0) is 37.3 Å². The summed E-state index contributed by atoms with van der Waals surface area (Å²) in [6, 6.07) is 7.08. The summed E-state index contributed by atoms with van der Waals surface area (Å²) in [4.78, 5) is 1.06. The molecule has 5 heteroatoms. The molecule has 1 aromatic carbocycles. The van der Waals surface area contributed by atoms with Gasteiger partial charge in [-0.25, -0.2) is 0 Å². The second kappa shape index (κ2) is 6.07. The lowest BCUT2D eigenvalue weighted by Crippen LogP contribution is -2.41. The molecule has 0 spiro atoms. The van der Waals surface area contributed by atoms with Gasteiger partial charge in [0.05, 0.1) is 5.92 Å². The van der Waals surface area contributed by atoms with Gasteiger partial charge in [0.2, 0.25) is 0 Å². The van der Waals surface area contributed by atoms with Gasteiger partial charge in [0.1, 0.15) is 0 Å². The van der Waals surface area contributed by atoms with E-state index in [0.717, 1.165) is 17.0 Å². The average molecular weight is 289 g/mol. The first-order chi connectivity index (χ1) is 9.00. The van der Waals surface area contributed by atoms with Crippen molar-refractivity contribution in [2.24, 2.45) is 5.92 Å². The number of alkyl halides is 3. The Kier molecular flexibility index (Phi) is 4.66. The predicted molar refractivity (Wildman–Crippen MR) is 73.6 cm³/mol. The lowest BCUT2D eigenvalue weighted by molar-refractivity contribution is -0.184. The normalized spacial score (nSPS) is 24.2. The number of nitrogens with one attached hydrogen (secondary N) is 1. The third-order valence-electron chi connectivity index (χ3n) is 3.61. The number of anilines is 1. The summed E-state index contributed by atoms with van der Waals surface area (Å²) in [5.74, 6) is -1.22. The van der Waals surface area contributed by atoms with Crippen LogP contribution in [0.5, 0.6) is 0 Å². The Morgan fingerprint density at radius 3 is 2.63 bits per heavy atom. The molecule has 0 aromatic heterocycles. The predicted octanol–water partition coefficient (Wildman–Crippen LogP) is 4.94. The molecule has 1 saturated carbocycles. The zero-order valence-electron chi connectivity index (χ0n) is 10.8. The van der Waals surface area contributed by atoms with Gasteiger partial charge < -0.3 is 5.32 Å². The van der Waals surface area contributed by atoms with E-state index >= 15 is 0 Å². The molecule has 19 heavy (non-hydrogen) atoms. The second-order valence-corrected chi connectivity index (χ2v) is 5.80. The van der Waals surface area contributed by atoms with Crippen molar-refractivity contribution >= 4 is 17.4 Å². The maximum absolute atomic E-state index is 13.0. The molecule has 106 valence electrons. The van der Waals surface area contributed by atoms with Crippen molar-refractivity contribution in [1.82, 2.24) is 0 Å². The van der Waals surface area contributed by atoms with Gasteiger partial charge in [0, 0.05) is 16.6 Å². The summed E-state index contributed by atoms with van der Waals surface area (Å²) in [6.45, 7) is 0. The van der Waals surface area contributed by atoms with Crippen molar-refractivity contribution in [2.45, 2.75) is 42.8 Å². The summed E-state index contributed by atoms with van der Waals surface area (Å²) in [5.41, 5.74) is 0.785. The maximum atomic E-state index is 13.0. The molecule has 0 saturated heterocycles. The molecule has 2 atom stereocenters. The molecule has 1 aliphatic carbocycles. The molecular weight excluding hydrogens is 271 g/mol. The van der Waals surface area contributed by atoms with Crippen LogP contribution >= 0.6 is 11.8 Å². The fourth-order valence-electron chi connectivity index (χ4n) is 2.62. The molecule has 0 aliphatic heterocycles. The third kappa shape index (κ3) is 3.81. The second-order valence-electron chi connectivity index (χ2n) is 4.92. The van der Waals surface area contributed by atoms with Crippen molar-refractivity contribution in [3.05, 3.63) is 24.3 Å². The first kappa shape index (κ1) is 14.6. The molecule has 0 radical (unpaired) electrons. The van der Waals surface area contributed by atoms with Crippen LogP contribution in [0.4, 0.5) is 18.9 Å². The van der Waals surface area contributed by atoms with Gasteiger partial charge in [-0.2, -0.15) is 13.2 Å². The highest BCUT2D eigenvalue weighted by molar-refractivity contribution is 7.98. The van der Waals surface area contributed by atoms with E-state index in [4.69, 9.17) is 0 Å². The topological polar surface area (TPSA) is 12.0 Å². The Balaban J connectivity index is 2.10. The third-order valence-corrected chi connectivity index (χ3v) is 4.33. The minimum atomic E-state index is -4.10. The van der Waals surface area contributed by atoms with E-state index in [1.165, 1.54) is 0 Å². The summed E-state index contributed by atoms with van der Waals surface area (Å²) >= 11 is 1.59. The van der Waals surface area contributed by atoms with Crippen molar-refractivity contribution in [1.29, 1.82) is 0 Å². The molecule has 0 amide bonds. The van der Waals surface area contributed by atoms with E-state index in [1.54, 1.807) is 11.8 Å². The number of thioether (sulfide) groups is 1. The van der Waals surface area contributed by atoms with Gasteiger partial charge in [-0.1, -0.05) is 18.9 Å². The molecule has 1 aliphatic rings. The quantitative estimate of drug-likeness (QED) is 0.791. The Morgan fingerprint density at radius 1 is 1.21 bits per heavy atom. The van der Waals surface area contributed by atoms with Gasteiger partial charge in [0.15, 0.2) is 0 Å². The van der Waals surface area contributed by atoms with Crippen LogP contribution in [0, 0.1) is 5.92 Å². The SMILES string of the molecule is CSc1cccc(NC2CCCCC2C(F)(F)F)c1. The molecule has 1 aromatic rings. The van der Waals surface area contributed by atoms with Gasteiger partial charge in [0.25, 0.3) is 0 Å². The van der Waals surface area contributed by atoms with Crippen molar-refractivity contribution in [3.8, 4) is 0 Å². The molecule has 0 bridgehead atoms.